The zero-order valence-corrected chi connectivity index (χ0v) is 7.83. The van der Waals surface area contributed by atoms with E-state index in [9.17, 15) is 5.11 Å². The highest BCUT2D eigenvalue weighted by Gasteiger charge is 2.10. The van der Waals surface area contributed by atoms with Gasteiger partial charge in [0, 0.05) is 11.3 Å². The summed E-state index contributed by atoms with van der Waals surface area (Å²) in [5.41, 5.74) is 0. The summed E-state index contributed by atoms with van der Waals surface area (Å²) in [6.07, 6.45) is 1.73. The van der Waals surface area contributed by atoms with E-state index in [4.69, 9.17) is 4.42 Å². The first kappa shape index (κ1) is 8.53. The van der Waals surface area contributed by atoms with E-state index in [1.807, 2.05) is 29.6 Å². The Morgan fingerprint density at radius 1 is 1.38 bits per heavy atom. The van der Waals surface area contributed by atoms with Gasteiger partial charge < -0.3 is 9.52 Å². The van der Waals surface area contributed by atoms with E-state index in [2.05, 4.69) is 0 Å². The summed E-state index contributed by atoms with van der Waals surface area (Å²) in [7, 11) is 0. The van der Waals surface area contributed by atoms with Crippen molar-refractivity contribution in [2.75, 3.05) is 0 Å². The van der Waals surface area contributed by atoms with Crippen LogP contribution in [-0.2, 0) is 6.42 Å². The highest BCUT2D eigenvalue weighted by atomic mass is 32.1. The predicted molar refractivity (Wildman–Crippen MR) is 51.7 cm³/mol. The van der Waals surface area contributed by atoms with Crippen LogP contribution in [0.2, 0.25) is 0 Å². The minimum atomic E-state index is -0.439. The second-order valence-electron chi connectivity index (χ2n) is 2.81. The number of hydrogen-bond acceptors (Lipinski definition) is 3. The van der Waals surface area contributed by atoms with E-state index in [1.165, 1.54) is 0 Å². The number of rotatable bonds is 3. The SMILES string of the molecule is OC(Cc1ccco1)c1cccs1. The first-order valence-corrected chi connectivity index (χ1v) is 4.98. The van der Waals surface area contributed by atoms with Gasteiger partial charge in [-0.15, -0.1) is 11.3 Å². The molecule has 3 heteroatoms. The van der Waals surface area contributed by atoms with Crippen molar-refractivity contribution in [1.29, 1.82) is 0 Å². The summed E-state index contributed by atoms with van der Waals surface area (Å²) >= 11 is 1.56. The predicted octanol–water partition coefficient (Wildman–Crippen LogP) is 2.62. The molecule has 68 valence electrons. The maximum Gasteiger partial charge on any atom is 0.106 e. The van der Waals surface area contributed by atoms with Gasteiger partial charge in [-0.25, -0.2) is 0 Å². The van der Waals surface area contributed by atoms with Crippen molar-refractivity contribution in [3.63, 3.8) is 0 Å². The third-order valence-electron chi connectivity index (χ3n) is 1.85. The minimum absolute atomic E-state index is 0.439. The van der Waals surface area contributed by atoms with E-state index >= 15 is 0 Å². The molecule has 0 aliphatic heterocycles. The Morgan fingerprint density at radius 2 is 2.31 bits per heavy atom. The Kier molecular flexibility index (Phi) is 2.47. The van der Waals surface area contributed by atoms with Crippen molar-refractivity contribution in [3.05, 3.63) is 46.5 Å². The molecular weight excluding hydrogens is 184 g/mol. The van der Waals surface area contributed by atoms with Crippen LogP contribution in [0.15, 0.2) is 40.3 Å². The molecule has 0 saturated carbocycles. The molecule has 0 fully saturated rings. The van der Waals surface area contributed by atoms with E-state index in [1.54, 1.807) is 17.6 Å². The van der Waals surface area contributed by atoms with Gasteiger partial charge in [-0.2, -0.15) is 0 Å². The summed E-state index contributed by atoms with van der Waals surface area (Å²) < 4.78 is 5.15. The van der Waals surface area contributed by atoms with Gasteiger partial charge in [-0.05, 0) is 23.6 Å². The number of hydrogen-bond donors (Lipinski definition) is 1. The molecule has 0 aromatic carbocycles. The molecule has 0 aliphatic carbocycles. The Bertz CT molecular complexity index is 337. The van der Waals surface area contributed by atoms with Crippen LogP contribution < -0.4 is 0 Å². The summed E-state index contributed by atoms with van der Waals surface area (Å²) in [5.74, 6) is 0.820. The zero-order chi connectivity index (χ0) is 9.10. The molecular formula is C10H10O2S. The Morgan fingerprint density at radius 3 is 2.92 bits per heavy atom. The summed E-state index contributed by atoms with van der Waals surface area (Å²) in [6, 6.07) is 7.57. The molecule has 1 unspecified atom stereocenters. The first-order chi connectivity index (χ1) is 6.36. The summed E-state index contributed by atoms with van der Waals surface area (Å²) in [4.78, 5) is 0.983. The average molecular weight is 194 g/mol. The molecule has 0 bridgehead atoms. The van der Waals surface area contributed by atoms with Gasteiger partial charge in [0.2, 0.25) is 0 Å². The van der Waals surface area contributed by atoms with Gasteiger partial charge >= 0.3 is 0 Å². The zero-order valence-electron chi connectivity index (χ0n) is 7.01. The normalized spacial score (nSPS) is 13.0. The maximum atomic E-state index is 9.73. The second-order valence-corrected chi connectivity index (χ2v) is 3.79. The fraction of sp³-hybridized carbons (Fsp3) is 0.200. The van der Waals surface area contributed by atoms with Gasteiger partial charge in [0.1, 0.15) is 5.76 Å². The maximum absolute atomic E-state index is 9.73. The fourth-order valence-corrected chi connectivity index (χ4v) is 1.91. The average Bonchev–Trinajstić information content (AvgIpc) is 2.74. The Labute approximate surface area is 80.4 Å². The second kappa shape index (κ2) is 3.77. The van der Waals surface area contributed by atoms with Gasteiger partial charge in [-0.3, -0.25) is 0 Å². The van der Waals surface area contributed by atoms with Crippen LogP contribution in [0.3, 0.4) is 0 Å². The van der Waals surface area contributed by atoms with Gasteiger partial charge in [0.05, 0.1) is 12.4 Å². The van der Waals surface area contributed by atoms with Crippen LogP contribution in [-0.4, -0.2) is 5.11 Å². The van der Waals surface area contributed by atoms with E-state index in [0.29, 0.717) is 6.42 Å². The quantitative estimate of drug-likeness (QED) is 0.814. The lowest BCUT2D eigenvalue weighted by atomic mass is 10.2. The number of thiophene rings is 1. The Hall–Kier alpha value is -1.06. The fourth-order valence-electron chi connectivity index (χ4n) is 1.20. The monoisotopic (exact) mass is 194 g/mol. The highest BCUT2D eigenvalue weighted by molar-refractivity contribution is 7.10. The molecule has 0 aliphatic rings. The molecule has 2 rings (SSSR count). The number of aliphatic hydroxyl groups is 1. The summed E-state index contributed by atoms with van der Waals surface area (Å²) in [6.45, 7) is 0. The number of aliphatic hydroxyl groups excluding tert-OH is 1. The molecule has 0 amide bonds. The minimum Gasteiger partial charge on any atom is -0.469 e. The van der Waals surface area contributed by atoms with Crippen LogP contribution in [0, 0.1) is 0 Å². The molecule has 0 spiro atoms. The standard InChI is InChI=1S/C10H10O2S/c11-9(10-4-2-6-13-10)7-8-3-1-5-12-8/h1-6,9,11H,7H2. The molecule has 2 heterocycles. The molecule has 13 heavy (non-hydrogen) atoms. The molecule has 1 atom stereocenters. The molecule has 0 radical (unpaired) electrons. The molecule has 1 N–H and O–H groups in total. The van der Waals surface area contributed by atoms with Crippen molar-refractivity contribution in [2.45, 2.75) is 12.5 Å². The molecule has 2 aromatic rings. The van der Waals surface area contributed by atoms with Crippen molar-refractivity contribution in [3.8, 4) is 0 Å². The van der Waals surface area contributed by atoms with E-state index in [-0.39, 0.29) is 0 Å². The van der Waals surface area contributed by atoms with Crippen LogP contribution >= 0.6 is 11.3 Å². The van der Waals surface area contributed by atoms with Crippen LogP contribution in [0.4, 0.5) is 0 Å². The summed E-state index contributed by atoms with van der Waals surface area (Å²) in [5, 5.41) is 11.7. The lowest BCUT2D eigenvalue weighted by Gasteiger charge is -2.04. The number of furan rings is 1. The largest absolute Gasteiger partial charge is 0.469 e. The lowest BCUT2D eigenvalue weighted by molar-refractivity contribution is 0.174. The smallest absolute Gasteiger partial charge is 0.106 e. The van der Waals surface area contributed by atoms with Crippen molar-refractivity contribution in [1.82, 2.24) is 0 Å². The van der Waals surface area contributed by atoms with E-state index < -0.39 is 6.10 Å². The first-order valence-electron chi connectivity index (χ1n) is 4.10. The van der Waals surface area contributed by atoms with Crippen molar-refractivity contribution < 1.29 is 9.52 Å². The van der Waals surface area contributed by atoms with Gasteiger partial charge in [0.25, 0.3) is 0 Å². The van der Waals surface area contributed by atoms with Crippen molar-refractivity contribution in [2.24, 2.45) is 0 Å². The topological polar surface area (TPSA) is 33.4 Å². The van der Waals surface area contributed by atoms with Crippen LogP contribution in [0.25, 0.3) is 0 Å². The molecule has 0 saturated heterocycles. The van der Waals surface area contributed by atoms with Crippen LogP contribution in [0.1, 0.15) is 16.7 Å². The van der Waals surface area contributed by atoms with E-state index in [0.717, 1.165) is 10.6 Å². The lowest BCUT2D eigenvalue weighted by Crippen LogP contribution is -1.97. The molecule has 2 nitrogen and oxygen atoms in total. The van der Waals surface area contributed by atoms with Crippen LogP contribution in [0.5, 0.6) is 0 Å². The highest BCUT2D eigenvalue weighted by Crippen LogP contribution is 2.22. The Balaban J connectivity index is 2.04. The molecule has 2 aromatic heterocycles. The van der Waals surface area contributed by atoms with Crippen molar-refractivity contribution >= 4 is 11.3 Å². The third kappa shape index (κ3) is 1.99. The third-order valence-corrected chi connectivity index (χ3v) is 2.82. The van der Waals surface area contributed by atoms with Gasteiger partial charge in [0.15, 0.2) is 0 Å². The van der Waals surface area contributed by atoms with Gasteiger partial charge in [-0.1, -0.05) is 6.07 Å².